The number of hydrogen-bond acceptors (Lipinski definition) is 0. The number of hydrogen-bond donors (Lipinski definition) is 0. The Kier molecular flexibility index (Phi) is 3.44. The predicted molar refractivity (Wildman–Crippen MR) is 64.3 cm³/mol. The van der Waals surface area contributed by atoms with E-state index in [1.54, 1.807) is 5.57 Å². The summed E-state index contributed by atoms with van der Waals surface area (Å²) in [6.45, 7) is 13.5. The van der Waals surface area contributed by atoms with Crippen molar-refractivity contribution in [3.63, 3.8) is 0 Å². The van der Waals surface area contributed by atoms with Crippen molar-refractivity contribution in [3.05, 3.63) is 11.6 Å². The van der Waals surface area contributed by atoms with Crippen molar-refractivity contribution in [1.82, 2.24) is 0 Å². The SMILES string of the molecule is C/C=C1/C2CC(CC2C)C1(C)C.CC. The van der Waals surface area contributed by atoms with Gasteiger partial charge in [0.2, 0.25) is 0 Å². The zero-order chi connectivity index (χ0) is 10.9. The van der Waals surface area contributed by atoms with E-state index in [-0.39, 0.29) is 0 Å². The minimum atomic E-state index is 0.520. The molecule has 0 saturated heterocycles. The van der Waals surface area contributed by atoms with Gasteiger partial charge in [-0.25, -0.2) is 0 Å². The van der Waals surface area contributed by atoms with E-state index in [2.05, 4.69) is 33.8 Å². The summed E-state index contributed by atoms with van der Waals surface area (Å²) in [4.78, 5) is 0. The highest BCUT2D eigenvalue weighted by Crippen LogP contribution is 2.60. The van der Waals surface area contributed by atoms with Gasteiger partial charge in [0.05, 0.1) is 0 Å². The van der Waals surface area contributed by atoms with Crippen molar-refractivity contribution in [1.29, 1.82) is 0 Å². The summed E-state index contributed by atoms with van der Waals surface area (Å²) in [6, 6.07) is 0. The number of rotatable bonds is 0. The minimum Gasteiger partial charge on any atom is -0.0876 e. The first-order valence-electron chi connectivity index (χ1n) is 6.24. The van der Waals surface area contributed by atoms with Gasteiger partial charge >= 0.3 is 0 Å². The van der Waals surface area contributed by atoms with E-state index < -0.39 is 0 Å². The van der Waals surface area contributed by atoms with Gasteiger partial charge in [-0.05, 0) is 42.9 Å². The Balaban J connectivity index is 0.000000461. The van der Waals surface area contributed by atoms with Gasteiger partial charge in [0.15, 0.2) is 0 Å². The topological polar surface area (TPSA) is 0 Å². The van der Waals surface area contributed by atoms with Gasteiger partial charge in [-0.2, -0.15) is 0 Å². The maximum Gasteiger partial charge on any atom is -0.0113 e. The van der Waals surface area contributed by atoms with Crippen molar-refractivity contribution >= 4 is 0 Å². The van der Waals surface area contributed by atoms with E-state index in [0.717, 1.165) is 17.8 Å². The molecule has 2 saturated carbocycles. The molecular weight excluding hydrogens is 168 g/mol. The van der Waals surface area contributed by atoms with Crippen molar-refractivity contribution in [2.24, 2.45) is 23.2 Å². The molecule has 0 heteroatoms. The fourth-order valence-corrected chi connectivity index (χ4v) is 3.57. The van der Waals surface area contributed by atoms with Crippen LogP contribution in [-0.2, 0) is 0 Å². The maximum atomic E-state index is 2.43. The smallest absolute Gasteiger partial charge is 0.0113 e. The summed E-state index contributed by atoms with van der Waals surface area (Å²) in [5, 5.41) is 0. The van der Waals surface area contributed by atoms with Gasteiger partial charge in [-0.1, -0.05) is 46.3 Å². The molecule has 2 aliphatic rings. The normalized spacial score (nSPS) is 41.0. The van der Waals surface area contributed by atoms with Crippen LogP contribution < -0.4 is 0 Å². The number of allylic oxidation sites excluding steroid dienone is 2. The molecule has 0 aromatic carbocycles. The summed E-state index contributed by atoms with van der Waals surface area (Å²) >= 11 is 0. The predicted octanol–water partition coefficient (Wildman–Crippen LogP) is 4.66. The maximum absolute atomic E-state index is 2.43. The van der Waals surface area contributed by atoms with Crippen LogP contribution in [0.4, 0.5) is 0 Å². The average Bonchev–Trinajstić information content (AvgIpc) is 2.62. The first kappa shape index (κ1) is 11.8. The molecule has 2 rings (SSSR count). The second-order valence-corrected chi connectivity index (χ2v) is 5.22. The Morgan fingerprint density at radius 2 is 1.79 bits per heavy atom. The molecule has 2 aliphatic carbocycles. The summed E-state index contributed by atoms with van der Waals surface area (Å²) < 4.78 is 0. The van der Waals surface area contributed by atoms with Crippen molar-refractivity contribution in [2.45, 2.75) is 54.4 Å². The zero-order valence-corrected chi connectivity index (χ0v) is 10.7. The first-order chi connectivity index (χ1) is 6.57. The Morgan fingerprint density at radius 3 is 2.14 bits per heavy atom. The average molecular weight is 194 g/mol. The molecule has 82 valence electrons. The molecule has 0 N–H and O–H groups in total. The quantitative estimate of drug-likeness (QED) is 0.492. The first-order valence-corrected chi connectivity index (χ1v) is 6.24. The van der Waals surface area contributed by atoms with Gasteiger partial charge in [-0.15, -0.1) is 0 Å². The van der Waals surface area contributed by atoms with Crippen LogP contribution in [0.25, 0.3) is 0 Å². The van der Waals surface area contributed by atoms with E-state index in [1.165, 1.54) is 12.8 Å². The molecule has 0 amide bonds. The van der Waals surface area contributed by atoms with Gasteiger partial charge < -0.3 is 0 Å². The summed E-state index contributed by atoms with van der Waals surface area (Å²) in [5.74, 6) is 2.85. The van der Waals surface area contributed by atoms with Gasteiger partial charge in [-0.3, -0.25) is 0 Å². The molecule has 3 unspecified atom stereocenters. The second kappa shape index (κ2) is 4.08. The lowest BCUT2D eigenvalue weighted by atomic mass is 9.69. The Bertz CT molecular complexity index is 222. The highest BCUT2D eigenvalue weighted by atomic mass is 14.6. The van der Waals surface area contributed by atoms with Gasteiger partial charge in [0.1, 0.15) is 0 Å². The third-order valence-electron chi connectivity index (χ3n) is 4.36. The molecule has 0 aliphatic heterocycles. The lowest BCUT2D eigenvalue weighted by Gasteiger charge is -2.35. The molecule has 0 aromatic rings. The minimum absolute atomic E-state index is 0.520. The van der Waals surface area contributed by atoms with E-state index in [0.29, 0.717) is 5.41 Å². The van der Waals surface area contributed by atoms with E-state index in [4.69, 9.17) is 0 Å². The fraction of sp³-hybridized carbons (Fsp3) is 0.857. The molecule has 2 fully saturated rings. The van der Waals surface area contributed by atoms with Gasteiger partial charge in [0.25, 0.3) is 0 Å². The van der Waals surface area contributed by atoms with Crippen LogP contribution >= 0.6 is 0 Å². The van der Waals surface area contributed by atoms with Crippen LogP contribution in [0.1, 0.15) is 54.4 Å². The van der Waals surface area contributed by atoms with Crippen molar-refractivity contribution in [2.75, 3.05) is 0 Å². The lowest BCUT2D eigenvalue weighted by Crippen LogP contribution is -2.26. The molecule has 0 aromatic heterocycles. The van der Waals surface area contributed by atoms with Crippen LogP contribution in [0.2, 0.25) is 0 Å². The summed E-state index contributed by atoms with van der Waals surface area (Å²) in [5.41, 5.74) is 2.26. The fourth-order valence-electron chi connectivity index (χ4n) is 3.57. The largest absolute Gasteiger partial charge is 0.0876 e. The molecule has 2 bridgehead atoms. The van der Waals surface area contributed by atoms with Crippen LogP contribution in [0.5, 0.6) is 0 Å². The molecule has 0 radical (unpaired) electrons. The third-order valence-corrected chi connectivity index (χ3v) is 4.36. The zero-order valence-electron chi connectivity index (χ0n) is 10.7. The molecule has 0 spiro atoms. The standard InChI is InChI=1S/C12H20.C2H6/c1-5-11-10-7-9(6-8(10)2)12(11,3)4;1-2/h5,8-10H,6-7H2,1-4H3;1-2H3/b11-5-;. The molecule has 14 heavy (non-hydrogen) atoms. The Morgan fingerprint density at radius 1 is 1.21 bits per heavy atom. The molecular formula is C14H26. The Hall–Kier alpha value is -0.260. The van der Waals surface area contributed by atoms with Gasteiger partial charge in [0, 0.05) is 0 Å². The highest BCUT2D eigenvalue weighted by Gasteiger charge is 2.51. The molecule has 0 nitrogen and oxygen atoms in total. The van der Waals surface area contributed by atoms with E-state index >= 15 is 0 Å². The van der Waals surface area contributed by atoms with Crippen molar-refractivity contribution in [3.8, 4) is 0 Å². The van der Waals surface area contributed by atoms with Crippen LogP contribution in [0.3, 0.4) is 0 Å². The lowest BCUT2D eigenvalue weighted by molar-refractivity contribution is 0.254. The highest BCUT2D eigenvalue weighted by molar-refractivity contribution is 5.26. The third kappa shape index (κ3) is 1.53. The second-order valence-electron chi connectivity index (χ2n) is 5.22. The van der Waals surface area contributed by atoms with Crippen molar-refractivity contribution < 1.29 is 0 Å². The van der Waals surface area contributed by atoms with E-state index in [9.17, 15) is 0 Å². The van der Waals surface area contributed by atoms with Crippen LogP contribution in [0, 0.1) is 23.2 Å². The number of fused-ring (bicyclic) bond motifs is 2. The molecule has 0 heterocycles. The summed E-state index contributed by atoms with van der Waals surface area (Å²) in [6.07, 6.45) is 5.31. The monoisotopic (exact) mass is 194 g/mol. The van der Waals surface area contributed by atoms with Crippen LogP contribution in [0.15, 0.2) is 11.6 Å². The summed E-state index contributed by atoms with van der Waals surface area (Å²) in [7, 11) is 0. The van der Waals surface area contributed by atoms with E-state index in [1.807, 2.05) is 13.8 Å². The Labute approximate surface area is 89.8 Å². The molecule has 3 atom stereocenters. The van der Waals surface area contributed by atoms with Crippen LogP contribution in [-0.4, -0.2) is 0 Å².